The number of halogens is 3. The first-order valence-corrected chi connectivity index (χ1v) is 12.5. The molecule has 0 N–H and O–H groups in total. The van der Waals surface area contributed by atoms with E-state index in [1.54, 1.807) is 24.3 Å². The van der Waals surface area contributed by atoms with Crippen LogP contribution in [0.5, 0.6) is 11.5 Å². The summed E-state index contributed by atoms with van der Waals surface area (Å²) >= 11 is 6.15. The summed E-state index contributed by atoms with van der Waals surface area (Å²) in [6.07, 6.45) is 0. The summed E-state index contributed by atoms with van der Waals surface area (Å²) in [6.45, 7) is 2.03. The number of nitrogens with zero attached hydrogens (tertiary/aromatic N) is 2. The standard InChI is InChI=1S/C28H25ClF2N2O6/c1-36-25-12-19(21(29)13-23(25)31)27(34)33-14-16-4-3-5-17(26(16)39-15-33)18-11-24(32-6-8-38-9-7-32)20(10-22(18)30)28(35)37-2/h3-5,10-13H,6-9,14-15H2,1-2H3. The molecule has 5 rings (SSSR count). The van der Waals surface area contributed by atoms with E-state index in [4.69, 9.17) is 30.5 Å². The lowest BCUT2D eigenvalue weighted by Gasteiger charge is -2.32. The Kier molecular flexibility index (Phi) is 7.58. The minimum Gasteiger partial charge on any atom is -0.494 e. The first kappa shape index (κ1) is 26.7. The predicted molar refractivity (Wildman–Crippen MR) is 140 cm³/mol. The fraction of sp³-hybridized carbons (Fsp3) is 0.286. The fourth-order valence-electron chi connectivity index (χ4n) is 4.74. The Balaban J connectivity index is 1.50. The lowest BCUT2D eigenvalue weighted by molar-refractivity contribution is 0.0515. The third kappa shape index (κ3) is 5.09. The normalized spacial score (nSPS) is 14.9. The summed E-state index contributed by atoms with van der Waals surface area (Å²) in [5.41, 5.74) is 2.08. The van der Waals surface area contributed by atoms with Crippen molar-refractivity contribution >= 4 is 29.2 Å². The highest BCUT2D eigenvalue weighted by molar-refractivity contribution is 6.33. The zero-order chi connectivity index (χ0) is 27.7. The number of benzene rings is 3. The molecule has 0 atom stereocenters. The number of esters is 1. The monoisotopic (exact) mass is 558 g/mol. The van der Waals surface area contributed by atoms with E-state index in [-0.39, 0.29) is 40.7 Å². The largest absolute Gasteiger partial charge is 0.494 e. The van der Waals surface area contributed by atoms with Crippen molar-refractivity contribution in [2.75, 3.05) is 52.2 Å². The number of carbonyl (C=O) groups excluding carboxylic acids is 2. The fourth-order valence-corrected chi connectivity index (χ4v) is 4.97. The predicted octanol–water partition coefficient (Wildman–Crippen LogP) is 4.91. The number of fused-ring (bicyclic) bond motifs is 1. The molecule has 1 saturated heterocycles. The van der Waals surface area contributed by atoms with Gasteiger partial charge in [-0.1, -0.05) is 29.8 Å². The molecule has 0 aliphatic carbocycles. The van der Waals surface area contributed by atoms with Gasteiger partial charge >= 0.3 is 5.97 Å². The number of rotatable bonds is 5. The van der Waals surface area contributed by atoms with Gasteiger partial charge in [-0.25, -0.2) is 13.6 Å². The van der Waals surface area contributed by atoms with Gasteiger partial charge in [-0.05, 0) is 24.3 Å². The van der Waals surface area contributed by atoms with E-state index >= 15 is 4.39 Å². The van der Waals surface area contributed by atoms with Gasteiger partial charge in [-0.2, -0.15) is 0 Å². The van der Waals surface area contributed by atoms with Gasteiger partial charge in [0.2, 0.25) is 0 Å². The van der Waals surface area contributed by atoms with Gasteiger partial charge in [0, 0.05) is 29.8 Å². The molecule has 0 spiro atoms. The highest BCUT2D eigenvalue weighted by atomic mass is 35.5. The first-order chi connectivity index (χ1) is 18.8. The maximum Gasteiger partial charge on any atom is 0.340 e. The lowest BCUT2D eigenvalue weighted by Crippen LogP contribution is -2.37. The maximum absolute atomic E-state index is 15.5. The van der Waals surface area contributed by atoms with Gasteiger partial charge in [0.25, 0.3) is 5.91 Å². The van der Waals surface area contributed by atoms with Crippen molar-refractivity contribution in [3.05, 3.63) is 75.8 Å². The van der Waals surface area contributed by atoms with Crippen molar-refractivity contribution in [3.8, 4) is 22.6 Å². The van der Waals surface area contributed by atoms with Crippen LogP contribution in [0, 0.1) is 11.6 Å². The Morgan fingerprint density at radius 2 is 1.74 bits per heavy atom. The van der Waals surface area contributed by atoms with Crippen LogP contribution in [0.25, 0.3) is 11.1 Å². The zero-order valence-corrected chi connectivity index (χ0v) is 22.0. The van der Waals surface area contributed by atoms with Crippen molar-refractivity contribution in [2.45, 2.75) is 6.54 Å². The van der Waals surface area contributed by atoms with Crippen LogP contribution < -0.4 is 14.4 Å². The van der Waals surface area contributed by atoms with Crippen LogP contribution in [-0.2, 0) is 16.0 Å². The SMILES string of the molecule is COC(=O)c1cc(F)c(-c2cccc3c2OCN(C(=O)c2cc(OC)c(F)cc2Cl)C3)cc1N1CCOCC1. The molecule has 8 nitrogen and oxygen atoms in total. The Morgan fingerprint density at radius 1 is 0.974 bits per heavy atom. The quantitative estimate of drug-likeness (QED) is 0.412. The topological polar surface area (TPSA) is 77.5 Å². The number of methoxy groups -OCH3 is 2. The summed E-state index contributed by atoms with van der Waals surface area (Å²) in [4.78, 5) is 29.1. The molecule has 39 heavy (non-hydrogen) atoms. The average molecular weight is 559 g/mol. The van der Waals surface area contributed by atoms with Crippen LogP contribution >= 0.6 is 11.6 Å². The summed E-state index contributed by atoms with van der Waals surface area (Å²) < 4.78 is 50.8. The number of anilines is 1. The van der Waals surface area contributed by atoms with E-state index < -0.39 is 23.5 Å². The van der Waals surface area contributed by atoms with Crippen LogP contribution in [0.2, 0.25) is 5.02 Å². The second-order valence-corrected chi connectivity index (χ2v) is 9.38. The molecule has 2 aliphatic rings. The number of morpholine rings is 1. The maximum atomic E-state index is 15.5. The molecule has 2 heterocycles. The van der Waals surface area contributed by atoms with E-state index in [1.807, 2.05) is 4.90 Å². The summed E-state index contributed by atoms with van der Waals surface area (Å²) in [7, 11) is 2.55. The van der Waals surface area contributed by atoms with E-state index in [0.29, 0.717) is 48.9 Å². The smallest absolute Gasteiger partial charge is 0.340 e. The van der Waals surface area contributed by atoms with Gasteiger partial charge in [0.15, 0.2) is 18.3 Å². The highest BCUT2D eigenvalue weighted by Crippen LogP contribution is 2.40. The molecule has 3 aromatic carbocycles. The van der Waals surface area contributed by atoms with E-state index in [2.05, 4.69) is 0 Å². The number of carbonyl (C=O) groups is 2. The molecule has 11 heteroatoms. The molecule has 0 saturated carbocycles. The molecule has 1 amide bonds. The number of hydrogen-bond donors (Lipinski definition) is 0. The number of para-hydroxylation sites is 1. The minimum absolute atomic E-state index is 0.0544. The van der Waals surface area contributed by atoms with Gasteiger partial charge in [0.1, 0.15) is 11.6 Å². The Bertz CT molecular complexity index is 1440. The molecule has 1 fully saturated rings. The van der Waals surface area contributed by atoms with E-state index in [1.165, 1.54) is 31.3 Å². The molecule has 0 aromatic heterocycles. The summed E-state index contributed by atoms with van der Waals surface area (Å²) in [5.74, 6) is -2.10. The van der Waals surface area contributed by atoms with Crippen molar-refractivity contribution < 1.29 is 37.3 Å². The van der Waals surface area contributed by atoms with E-state index in [0.717, 1.165) is 6.07 Å². The number of amides is 1. The Labute approximate surface area is 228 Å². The molecule has 204 valence electrons. The molecule has 0 bridgehead atoms. The van der Waals surface area contributed by atoms with Crippen molar-refractivity contribution in [1.82, 2.24) is 4.90 Å². The summed E-state index contributed by atoms with van der Waals surface area (Å²) in [5, 5.41) is -0.0544. The van der Waals surface area contributed by atoms with Gasteiger partial charge < -0.3 is 28.7 Å². The van der Waals surface area contributed by atoms with Crippen LogP contribution in [0.4, 0.5) is 14.5 Å². The summed E-state index contributed by atoms with van der Waals surface area (Å²) in [6, 6.07) is 10.3. The minimum atomic E-state index is -0.680. The van der Waals surface area contributed by atoms with Crippen LogP contribution in [0.3, 0.4) is 0 Å². The lowest BCUT2D eigenvalue weighted by atomic mass is 9.97. The Morgan fingerprint density at radius 3 is 2.46 bits per heavy atom. The second kappa shape index (κ2) is 11.1. The third-order valence-electron chi connectivity index (χ3n) is 6.71. The molecular weight excluding hydrogens is 534 g/mol. The molecular formula is C28H25ClF2N2O6. The zero-order valence-electron chi connectivity index (χ0n) is 21.3. The Hall–Kier alpha value is -3.89. The number of hydrogen-bond acceptors (Lipinski definition) is 7. The average Bonchev–Trinajstić information content (AvgIpc) is 2.96. The molecule has 0 unspecified atom stereocenters. The molecule has 2 aliphatic heterocycles. The van der Waals surface area contributed by atoms with Crippen molar-refractivity contribution in [3.63, 3.8) is 0 Å². The first-order valence-electron chi connectivity index (χ1n) is 12.1. The van der Waals surface area contributed by atoms with Gasteiger partial charge in [0.05, 0.1) is 55.8 Å². The van der Waals surface area contributed by atoms with E-state index in [9.17, 15) is 14.0 Å². The van der Waals surface area contributed by atoms with Crippen LogP contribution in [-0.4, -0.2) is 64.0 Å². The van der Waals surface area contributed by atoms with Crippen LogP contribution in [0.1, 0.15) is 26.3 Å². The van der Waals surface area contributed by atoms with Crippen molar-refractivity contribution in [1.29, 1.82) is 0 Å². The highest BCUT2D eigenvalue weighted by Gasteiger charge is 2.29. The second-order valence-electron chi connectivity index (χ2n) is 8.98. The van der Waals surface area contributed by atoms with Crippen molar-refractivity contribution in [2.24, 2.45) is 0 Å². The molecule has 0 radical (unpaired) electrons. The van der Waals surface area contributed by atoms with Gasteiger partial charge in [-0.3, -0.25) is 4.79 Å². The molecule has 3 aromatic rings. The van der Waals surface area contributed by atoms with Gasteiger partial charge in [-0.15, -0.1) is 0 Å². The third-order valence-corrected chi connectivity index (χ3v) is 7.03. The van der Waals surface area contributed by atoms with Crippen LogP contribution in [0.15, 0.2) is 42.5 Å². The number of ether oxygens (including phenoxy) is 4.